The zero-order valence-corrected chi connectivity index (χ0v) is 17.5. The van der Waals surface area contributed by atoms with Crippen molar-refractivity contribution < 1.29 is 9.18 Å². The molecule has 0 saturated carbocycles. The molecule has 0 bridgehead atoms. The molecule has 3 aromatic heterocycles. The number of nitrogens with zero attached hydrogens (tertiary/aromatic N) is 5. The van der Waals surface area contributed by atoms with E-state index in [0.29, 0.717) is 22.4 Å². The van der Waals surface area contributed by atoms with Crippen molar-refractivity contribution in [3.63, 3.8) is 0 Å². The third kappa shape index (κ3) is 3.08. The van der Waals surface area contributed by atoms with Crippen molar-refractivity contribution in [1.82, 2.24) is 25.0 Å². The number of para-hydroxylation sites is 1. The fourth-order valence-corrected chi connectivity index (χ4v) is 3.93. The maximum Gasteiger partial charge on any atom is 0.251 e. The minimum absolute atomic E-state index is 0.161. The molecular formula is C24H19FN6O. The summed E-state index contributed by atoms with van der Waals surface area (Å²) in [6.45, 7) is 4.06. The molecule has 1 amide bonds. The normalized spacial score (nSPS) is 11.8. The van der Waals surface area contributed by atoms with Crippen molar-refractivity contribution in [2.45, 2.75) is 19.4 Å². The number of carbonyl (C=O) groups is 1. The first-order valence-electron chi connectivity index (χ1n) is 10.0. The molecule has 0 spiro atoms. The van der Waals surface area contributed by atoms with Crippen LogP contribution in [0.2, 0.25) is 0 Å². The van der Waals surface area contributed by atoms with Gasteiger partial charge in [0.05, 0.1) is 22.3 Å². The Balaban J connectivity index is 1.66. The predicted octanol–water partition coefficient (Wildman–Crippen LogP) is 4.06. The van der Waals surface area contributed by atoms with Gasteiger partial charge in [0.25, 0.3) is 5.91 Å². The molecule has 0 saturated heterocycles. The third-order valence-corrected chi connectivity index (χ3v) is 5.65. The molecule has 8 heteroatoms. The number of hydrogen-bond donors (Lipinski definition) is 1. The summed E-state index contributed by atoms with van der Waals surface area (Å²) in [4.78, 5) is 20.6. The Hall–Kier alpha value is -4.20. The summed E-state index contributed by atoms with van der Waals surface area (Å²) in [6.07, 6.45) is 1.77. The molecule has 2 aromatic carbocycles. The molecule has 7 nitrogen and oxygen atoms in total. The van der Waals surface area contributed by atoms with Gasteiger partial charge in [0, 0.05) is 22.7 Å². The van der Waals surface area contributed by atoms with Gasteiger partial charge in [-0.25, -0.2) is 14.1 Å². The smallest absolute Gasteiger partial charge is 0.251 e. The van der Waals surface area contributed by atoms with Crippen LogP contribution in [0, 0.1) is 5.82 Å². The van der Waals surface area contributed by atoms with Gasteiger partial charge < -0.3 is 5.73 Å². The van der Waals surface area contributed by atoms with Crippen molar-refractivity contribution in [3.05, 3.63) is 83.8 Å². The van der Waals surface area contributed by atoms with Crippen LogP contribution in [0.25, 0.3) is 33.3 Å². The number of benzene rings is 2. The Kier molecular flexibility index (Phi) is 4.44. The highest BCUT2D eigenvalue weighted by Gasteiger charge is 2.29. The van der Waals surface area contributed by atoms with Gasteiger partial charge in [-0.3, -0.25) is 9.78 Å². The van der Waals surface area contributed by atoms with Gasteiger partial charge in [-0.2, -0.15) is 0 Å². The number of rotatable bonds is 4. The third-order valence-electron chi connectivity index (χ3n) is 5.65. The van der Waals surface area contributed by atoms with Crippen LogP contribution in [0.1, 0.15) is 29.8 Å². The average molecular weight is 426 g/mol. The van der Waals surface area contributed by atoms with E-state index < -0.39 is 17.3 Å². The molecule has 5 rings (SSSR count). The summed E-state index contributed by atoms with van der Waals surface area (Å²) in [6, 6.07) is 17.7. The lowest BCUT2D eigenvalue weighted by Crippen LogP contribution is -2.29. The van der Waals surface area contributed by atoms with Gasteiger partial charge in [0.1, 0.15) is 11.3 Å². The lowest BCUT2D eigenvalue weighted by Gasteiger charge is -2.26. The molecule has 0 fully saturated rings. The maximum absolute atomic E-state index is 14.3. The number of fused-ring (bicyclic) bond motifs is 2. The van der Waals surface area contributed by atoms with Gasteiger partial charge in [-0.1, -0.05) is 35.5 Å². The molecule has 32 heavy (non-hydrogen) atoms. The van der Waals surface area contributed by atoms with Crippen LogP contribution < -0.4 is 5.73 Å². The zero-order valence-electron chi connectivity index (χ0n) is 17.5. The highest BCUT2D eigenvalue weighted by Crippen LogP contribution is 2.32. The molecule has 2 N–H and O–H groups in total. The Morgan fingerprint density at radius 3 is 2.66 bits per heavy atom. The fourth-order valence-electron chi connectivity index (χ4n) is 3.93. The lowest BCUT2D eigenvalue weighted by molar-refractivity contribution is 0.0996. The molecule has 5 aromatic rings. The molecule has 0 radical (unpaired) electrons. The average Bonchev–Trinajstić information content (AvgIpc) is 3.22. The van der Waals surface area contributed by atoms with Gasteiger partial charge >= 0.3 is 0 Å². The first kappa shape index (κ1) is 19.7. The Bertz CT molecular complexity index is 1500. The molecule has 0 aliphatic heterocycles. The van der Waals surface area contributed by atoms with E-state index in [2.05, 4.69) is 15.3 Å². The van der Waals surface area contributed by atoms with E-state index in [-0.39, 0.29) is 5.56 Å². The van der Waals surface area contributed by atoms with Crippen molar-refractivity contribution >= 4 is 28.0 Å². The van der Waals surface area contributed by atoms with Crippen LogP contribution in [-0.4, -0.2) is 30.9 Å². The van der Waals surface area contributed by atoms with Gasteiger partial charge in [-0.15, -0.1) is 5.10 Å². The van der Waals surface area contributed by atoms with Crippen LogP contribution in [-0.2, 0) is 5.54 Å². The van der Waals surface area contributed by atoms with Gasteiger partial charge in [0.15, 0.2) is 5.65 Å². The molecule has 0 atom stereocenters. The summed E-state index contributed by atoms with van der Waals surface area (Å²) in [5.41, 5.74) is 8.51. The summed E-state index contributed by atoms with van der Waals surface area (Å²) >= 11 is 0. The number of amides is 1. The largest absolute Gasteiger partial charge is 0.366 e. The Morgan fingerprint density at radius 2 is 1.88 bits per heavy atom. The van der Waals surface area contributed by atoms with E-state index in [1.165, 1.54) is 12.1 Å². The van der Waals surface area contributed by atoms with Crippen LogP contribution in [0.3, 0.4) is 0 Å². The number of aromatic nitrogens is 5. The minimum atomic E-state index is -0.815. The lowest BCUT2D eigenvalue weighted by atomic mass is 9.92. The first-order valence-corrected chi connectivity index (χ1v) is 10.0. The molecule has 158 valence electrons. The summed E-state index contributed by atoms with van der Waals surface area (Å²) < 4.78 is 16.1. The van der Waals surface area contributed by atoms with Crippen LogP contribution in [0.4, 0.5) is 4.39 Å². The highest BCUT2D eigenvalue weighted by molar-refractivity contribution is 5.93. The SMILES string of the molecule is CC(C)(c1cccc2cccnc12)n1nnc2ccc(-c3ccc(C(N)=O)c(F)c3)nc21. The molecule has 0 aliphatic rings. The van der Waals surface area contributed by atoms with E-state index in [9.17, 15) is 9.18 Å². The number of halogens is 1. The van der Waals surface area contributed by atoms with Crippen molar-refractivity contribution in [2.24, 2.45) is 5.73 Å². The van der Waals surface area contributed by atoms with E-state index in [1.54, 1.807) is 29.1 Å². The number of carbonyl (C=O) groups excluding carboxylic acids is 1. The van der Waals surface area contributed by atoms with E-state index in [0.717, 1.165) is 16.5 Å². The second-order valence-electron chi connectivity index (χ2n) is 8.04. The van der Waals surface area contributed by atoms with Gasteiger partial charge in [0.2, 0.25) is 0 Å². The second-order valence-corrected chi connectivity index (χ2v) is 8.04. The molecule has 0 aliphatic carbocycles. The minimum Gasteiger partial charge on any atom is -0.366 e. The van der Waals surface area contributed by atoms with E-state index >= 15 is 0 Å². The molecule has 0 unspecified atom stereocenters. The van der Waals surface area contributed by atoms with Crippen LogP contribution in [0.15, 0.2) is 66.9 Å². The summed E-state index contributed by atoms with van der Waals surface area (Å²) in [7, 11) is 0. The first-order chi connectivity index (χ1) is 15.4. The fraction of sp³-hybridized carbons (Fsp3) is 0.125. The quantitative estimate of drug-likeness (QED) is 0.467. The highest BCUT2D eigenvalue weighted by atomic mass is 19.1. The predicted molar refractivity (Wildman–Crippen MR) is 119 cm³/mol. The maximum atomic E-state index is 14.3. The number of hydrogen-bond acceptors (Lipinski definition) is 5. The summed E-state index contributed by atoms with van der Waals surface area (Å²) in [5, 5.41) is 9.68. The van der Waals surface area contributed by atoms with Crippen LogP contribution in [0.5, 0.6) is 0 Å². The zero-order chi connectivity index (χ0) is 22.5. The number of nitrogens with two attached hydrogens (primary N) is 1. The number of primary amides is 1. The van der Waals surface area contributed by atoms with Crippen LogP contribution >= 0.6 is 0 Å². The van der Waals surface area contributed by atoms with Crippen molar-refractivity contribution in [1.29, 1.82) is 0 Å². The Labute approximate surface area is 182 Å². The van der Waals surface area contributed by atoms with Gasteiger partial charge in [-0.05, 0) is 44.2 Å². The Morgan fingerprint density at radius 1 is 1.06 bits per heavy atom. The summed E-state index contributed by atoms with van der Waals surface area (Å²) in [5.74, 6) is -1.50. The second kappa shape index (κ2) is 7.19. The standard InChI is InChI=1S/C24H19FN6O/c1-24(2,17-7-3-5-14-6-4-12-27-21(14)17)31-23-20(29-30-31)11-10-19(28-23)15-8-9-16(22(26)32)18(25)13-15/h3-13H,1-2H3,(H2,26,32). The van der Waals surface area contributed by atoms with Crippen molar-refractivity contribution in [3.8, 4) is 11.3 Å². The monoisotopic (exact) mass is 426 g/mol. The van der Waals surface area contributed by atoms with E-state index in [1.807, 2.05) is 44.2 Å². The topological polar surface area (TPSA) is 99.6 Å². The van der Waals surface area contributed by atoms with Crippen molar-refractivity contribution in [2.75, 3.05) is 0 Å². The number of pyridine rings is 2. The molecular weight excluding hydrogens is 407 g/mol. The van der Waals surface area contributed by atoms with E-state index in [4.69, 9.17) is 10.7 Å². The molecule has 3 heterocycles.